The van der Waals surface area contributed by atoms with Crippen molar-refractivity contribution in [3.8, 4) is 0 Å². The molecule has 1 aliphatic heterocycles. The monoisotopic (exact) mass is 584 g/mol. The molecular formula is C24H21F5N6O4S. The lowest BCUT2D eigenvalue weighted by Crippen LogP contribution is -2.54. The Morgan fingerprint density at radius 3 is 2.42 bits per heavy atom. The van der Waals surface area contributed by atoms with Crippen LogP contribution in [0.4, 0.5) is 38.3 Å². The van der Waals surface area contributed by atoms with E-state index in [2.05, 4.69) is 15.3 Å². The van der Waals surface area contributed by atoms with Crippen molar-refractivity contribution in [2.24, 2.45) is 0 Å². The number of nitrogens with zero attached hydrogens (tertiary/aromatic N) is 4. The van der Waals surface area contributed by atoms with Gasteiger partial charge in [0.2, 0.25) is 5.91 Å². The fraction of sp³-hybridized carbons (Fsp3) is 0.250. The Bertz CT molecular complexity index is 1520. The molecule has 4 rings (SSSR count). The Morgan fingerprint density at radius 2 is 1.80 bits per heavy atom. The van der Waals surface area contributed by atoms with Gasteiger partial charge in [-0.15, -0.1) is 0 Å². The van der Waals surface area contributed by atoms with Crippen LogP contribution in [0.3, 0.4) is 0 Å². The molecule has 3 heterocycles. The number of anilines is 2. The highest BCUT2D eigenvalue weighted by atomic mass is 32.2. The molecule has 0 aliphatic carbocycles. The molecule has 40 heavy (non-hydrogen) atoms. The van der Waals surface area contributed by atoms with E-state index in [9.17, 15) is 40.0 Å². The first kappa shape index (κ1) is 28.7. The van der Waals surface area contributed by atoms with Crippen molar-refractivity contribution in [2.75, 3.05) is 22.8 Å². The summed E-state index contributed by atoms with van der Waals surface area (Å²) in [6, 6.07) is 4.39. The first-order valence-electron chi connectivity index (χ1n) is 11.6. The van der Waals surface area contributed by atoms with E-state index in [-0.39, 0.29) is 23.6 Å². The van der Waals surface area contributed by atoms with Crippen molar-refractivity contribution in [3.63, 3.8) is 0 Å². The van der Waals surface area contributed by atoms with E-state index in [0.29, 0.717) is 24.1 Å². The van der Waals surface area contributed by atoms with E-state index in [4.69, 9.17) is 0 Å². The van der Waals surface area contributed by atoms with Gasteiger partial charge in [0.05, 0.1) is 11.9 Å². The standard InChI is InChI=1S/C24H21F5N6O4S/c1-34(18-4-5-20(31-13-18)24(27,28)29)22(36)19(11-14-9-16(25)12-17(26)10-14)32-23(37)33-40(38,39)35-8-6-15-3-2-7-30-21(15)35/h2-5,7,9-10,12-13,19H,6,8,11H2,1H3,(H2,32,33,37). The maximum absolute atomic E-state index is 13.8. The van der Waals surface area contributed by atoms with Crippen LogP contribution in [-0.2, 0) is 34.0 Å². The summed E-state index contributed by atoms with van der Waals surface area (Å²) in [7, 11) is -3.30. The maximum Gasteiger partial charge on any atom is 0.433 e. The molecule has 0 saturated heterocycles. The zero-order chi connectivity index (χ0) is 29.2. The number of likely N-dealkylation sites (N-methyl/N-ethyl adjacent to an activating group) is 1. The van der Waals surface area contributed by atoms with Crippen LogP contribution in [0.15, 0.2) is 54.9 Å². The minimum Gasteiger partial charge on any atom is -0.325 e. The SMILES string of the molecule is CN(C(=O)C(Cc1cc(F)cc(F)c1)NC(=O)NS(=O)(=O)N1CCc2cccnc21)c1ccc(C(F)(F)F)nc1. The van der Waals surface area contributed by atoms with E-state index in [1.54, 1.807) is 16.9 Å². The van der Waals surface area contributed by atoms with Gasteiger partial charge in [-0.1, -0.05) is 6.07 Å². The van der Waals surface area contributed by atoms with Crippen LogP contribution in [0.1, 0.15) is 16.8 Å². The zero-order valence-corrected chi connectivity index (χ0v) is 21.4. The number of halogens is 5. The van der Waals surface area contributed by atoms with Crippen LogP contribution in [0, 0.1) is 11.6 Å². The molecule has 1 aromatic carbocycles. The number of hydrogen-bond acceptors (Lipinski definition) is 6. The summed E-state index contributed by atoms with van der Waals surface area (Å²) in [5, 5.41) is 2.18. The molecule has 212 valence electrons. The Balaban J connectivity index is 1.56. The lowest BCUT2D eigenvalue weighted by molar-refractivity contribution is -0.141. The van der Waals surface area contributed by atoms with E-state index in [0.717, 1.165) is 33.6 Å². The number of amides is 3. The van der Waals surface area contributed by atoms with Gasteiger partial charge in [-0.3, -0.25) is 4.79 Å². The number of carbonyl (C=O) groups is 2. The maximum atomic E-state index is 13.8. The van der Waals surface area contributed by atoms with Crippen LogP contribution in [-0.4, -0.2) is 50.0 Å². The molecule has 0 radical (unpaired) electrons. The summed E-state index contributed by atoms with van der Waals surface area (Å²) in [4.78, 5) is 34.2. The Hall–Kier alpha value is -4.34. The van der Waals surface area contributed by atoms with E-state index in [1.807, 2.05) is 0 Å². The number of rotatable bonds is 7. The van der Waals surface area contributed by atoms with Crippen LogP contribution in [0.25, 0.3) is 0 Å². The summed E-state index contributed by atoms with van der Waals surface area (Å²) in [6.45, 7) is 0.00352. The molecule has 16 heteroatoms. The lowest BCUT2D eigenvalue weighted by atomic mass is 10.0. The molecular weight excluding hydrogens is 563 g/mol. The van der Waals surface area contributed by atoms with E-state index in [1.165, 1.54) is 13.2 Å². The lowest BCUT2D eigenvalue weighted by Gasteiger charge is -2.26. The number of urea groups is 1. The predicted octanol–water partition coefficient (Wildman–Crippen LogP) is 2.95. The van der Waals surface area contributed by atoms with Crippen LogP contribution < -0.4 is 19.2 Å². The third-order valence-corrected chi connectivity index (χ3v) is 7.30. The highest BCUT2D eigenvalue weighted by molar-refractivity contribution is 7.91. The molecule has 1 aliphatic rings. The second-order valence-electron chi connectivity index (χ2n) is 8.72. The number of alkyl halides is 3. The number of aromatic nitrogens is 2. The van der Waals surface area contributed by atoms with Crippen LogP contribution >= 0.6 is 0 Å². The van der Waals surface area contributed by atoms with Gasteiger partial charge in [-0.2, -0.15) is 21.6 Å². The smallest absolute Gasteiger partial charge is 0.325 e. The van der Waals surface area contributed by atoms with Crippen molar-refractivity contribution in [1.29, 1.82) is 0 Å². The van der Waals surface area contributed by atoms with Gasteiger partial charge in [-0.25, -0.2) is 32.6 Å². The number of hydrogen-bond donors (Lipinski definition) is 2. The van der Waals surface area contributed by atoms with Gasteiger partial charge in [0.25, 0.3) is 0 Å². The van der Waals surface area contributed by atoms with Gasteiger partial charge < -0.3 is 10.2 Å². The molecule has 2 aromatic heterocycles. The van der Waals surface area contributed by atoms with Crippen molar-refractivity contribution >= 4 is 33.7 Å². The van der Waals surface area contributed by atoms with E-state index < -0.39 is 58.1 Å². The molecule has 2 N–H and O–H groups in total. The minimum atomic E-state index is -4.72. The number of benzene rings is 1. The Labute approximate surface area is 225 Å². The van der Waals surface area contributed by atoms with Crippen molar-refractivity contribution in [3.05, 3.63) is 83.3 Å². The van der Waals surface area contributed by atoms with Crippen molar-refractivity contribution in [2.45, 2.75) is 25.1 Å². The van der Waals surface area contributed by atoms with Crippen LogP contribution in [0.5, 0.6) is 0 Å². The molecule has 0 spiro atoms. The highest BCUT2D eigenvalue weighted by Gasteiger charge is 2.34. The molecule has 0 bridgehead atoms. The first-order valence-corrected chi connectivity index (χ1v) is 13.0. The number of nitrogens with one attached hydrogen (secondary N) is 2. The third-order valence-electron chi connectivity index (χ3n) is 5.92. The highest BCUT2D eigenvalue weighted by Crippen LogP contribution is 2.29. The molecule has 10 nitrogen and oxygen atoms in total. The second-order valence-corrected chi connectivity index (χ2v) is 10.3. The van der Waals surface area contributed by atoms with Crippen LogP contribution in [0.2, 0.25) is 0 Å². The number of pyridine rings is 2. The third kappa shape index (κ3) is 6.44. The molecule has 3 amide bonds. The summed E-state index contributed by atoms with van der Waals surface area (Å²) in [5.41, 5.74) is -0.718. The first-order chi connectivity index (χ1) is 18.7. The molecule has 1 atom stereocenters. The average Bonchev–Trinajstić information content (AvgIpc) is 3.31. The summed E-state index contributed by atoms with van der Waals surface area (Å²) >= 11 is 0. The normalized spacial score (nSPS) is 13.9. The van der Waals surface area contributed by atoms with Gasteiger partial charge >= 0.3 is 22.4 Å². The summed E-state index contributed by atoms with van der Waals surface area (Å²) in [5.74, 6) is -2.74. The Kier molecular flexibility index (Phi) is 7.91. The zero-order valence-electron chi connectivity index (χ0n) is 20.6. The fourth-order valence-corrected chi connectivity index (χ4v) is 5.18. The van der Waals surface area contributed by atoms with Crippen molar-refractivity contribution in [1.82, 2.24) is 20.0 Å². The van der Waals surface area contributed by atoms with Gasteiger partial charge in [0.15, 0.2) is 0 Å². The van der Waals surface area contributed by atoms with Gasteiger partial charge in [-0.05, 0) is 47.9 Å². The quantitative estimate of drug-likeness (QED) is 0.412. The van der Waals surface area contributed by atoms with E-state index >= 15 is 0 Å². The van der Waals surface area contributed by atoms with Crippen molar-refractivity contribution < 1.29 is 40.0 Å². The largest absolute Gasteiger partial charge is 0.433 e. The molecule has 0 saturated carbocycles. The summed E-state index contributed by atoms with van der Waals surface area (Å²) < 4.78 is 94.6. The number of carbonyl (C=O) groups excluding carboxylic acids is 2. The number of fused-ring (bicyclic) bond motifs is 1. The van der Waals surface area contributed by atoms with Gasteiger partial charge in [0.1, 0.15) is 29.2 Å². The minimum absolute atomic E-state index is 0.00352. The molecule has 0 fully saturated rings. The molecule has 1 unspecified atom stereocenters. The predicted molar refractivity (Wildman–Crippen MR) is 132 cm³/mol. The topological polar surface area (TPSA) is 125 Å². The molecule has 3 aromatic rings. The second kappa shape index (κ2) is 11.0. The van der Waals surface area contributed by atoms with Gasteiger partial charge in [0, 0.05) is 32.3 Å². The summed E-state index contributed by atoms with van der Waals surface area (Å²) in [6.07, 6.45) is -2.70. The average molecular weight is 585 g/mol. The fourth-order valence-electron chi connectivity index (χ4n) is 4.05. The Morgan fingerprint density at radius 1 is 1.10 bits per heavy atom.